The second kappa shape index (κ2) is 5.85. The number of carboxylic acids is 1. The first-order valence-electron chi connectivity index (χ1n) is 4.69. The smallest absolute Gasteiger partial charge is 0.305 e. The molecule has 0 aliphatic heterocycles. The molecule has 0 aliphatic rings. The van der Waals surface area contributed by atoms with E-state index in [4.69, 9.17) is 9.52 Å². The van der Waals surface area contributed by atoms with Crippen molar-refractivity contribution in [1.29, 1.82) is 0 Å². The van der Waals surface area contributed by atoms with Gasteiger partial charge in [-0.1, -0.05) is 0 Å². The zero-order valence-electron chi connectivity index (χ0n) is 8.23. The minimum absolute atomic E-state index is 0.0491. The van der Waals surface area contributed by atoms with Gasteiger partial charge in [-0.25, -0.2) is 0 Å². The molecule has 15 heavy (non-hydrogen) atoms. The summed E-state index contributed by atoms with van der Waals surface area (Å²) >= 11 is 0. The molecule has 5 nitrogen and oxygen atoms in total. The number of aryl methyl sites for hydroxylation is 1. The van der Waals surface area contributed by atoms with Crippen LogP contribution in [0.3, 0.4) is 0 Å². The lowest BCUT2D eigenvalue weighted by Gasteiger charge is -2.01. The Morgan fingerprint density at radius 3 is 2.80 bits per heavy atom. The molecule has 1 aromatic rings. The molecular weight excluding hydrogens is 198 g/mol. The van der Waals surface area contributed by atoms with Crippen LogP contribution in [0.25, 0.3) is 0 Å². The summed E-state index contributed by atoms with van der Waals surface area (Å²) in [6.45, 7) is 0.173. The molecule has 0 aromatic carbocycles. The summed E-state index contributed by atoms with van der Waals surface area (Å²) in [7, 11) is 0. The largest absolute Gasteiger partial charge is 0.481 e. The van der Waals surface area contributed by atoms with Crippen molar-refractivity contribution >= 4 is 11.9 Å². The molecule has 1 aromatic heterocycles. The van der Waals surface area contributed by atoms with Crippen LogP contribution in [0.15, 0.2) is 22.8 Å². The third-order valence-electron chi connectivity index (χ3n) is 1.84. The second-order valence-corrected chi connectivity index (χ2v) is 3.07. The normalized spacial score (nSPS) is 9.87. The summed E-state index contributed by atoms with van der Waals surface area (Å²) in [6.07, 6.45) is 2.35. The lowest BCUT2D eigenvalue weighted by molar-refractivity contribution is -0.136. The van der Waals surface area contributed by atoms with Crippen LogP contribution in [0.4, 0.5) is 0 Å². The van der Waals surface area contributed by atoms with Crippen molar-refractivity contribution in [2.75, 3.05) is 6.54 Å². The number of furan rings is 1. The van der Waals surface area contributed by atoms with E-state index in [1.54, 1.807) is 18.4 Å². The molecule has 1 rings (SSSR count). The van der Waals surface area contributed by atoms with Crippen LogP contribution in [0, 0.1) is 0 Å². The van der Waals surface area contributed by atoms with Crippen molar-refractivity contribution in [3.05, 3.63) is 24.2 Å². The maximum atomic E-state index is 11.2. The molecule has 0 bridgehead atoms. The van der Waals surface area contributed by atoms with Crippen molar-refractivity contribution in [1.82, 2.24) is 5.32 Å². The quantitative estimate of drug-likeness (QED) is 0.729. The number of carbonyl (C=O) groups excluding carboxylic acids is 1. The molecular formula is C10H13NO4. The summed E-state index contributed by atoms with van der Waals surface area (Å²) in [5.41, 5.74) is 0. The molecule has 0 unspecified atom stereocenters. The van der Waals surface area contributed by atoms with Crippen molar-refractivity contribution in [2.24, 2.45) is 0 Å². The first-order valence-corrected chi connectivity index (χ1v) is 4.69. The van der Waals surface area contributed by atoms with E-state index >= 15 is 0 Å². The molecule has 0 saturated carbocycles. The lowest BCUT2D eigenvalue weighted by Crippen LogP contribution is -2.26. The first-order chi connectivity index (χ1) is 7.18. The van der Waals surface area contributed by atoms with Crippen LogP contribution in [0.5, 0.6) is 0 Å². The predicted octanol–water partition coefficient (Wildman–Crippen LogP) is 0.803. The van der Waals surface area contributed by atoms with Gasteiger partial charge in [0.1, 0.15) is 5.76 Å². The van der Waals surface area contributed by atoms with Crippen molar-refractivity contribution in [3.63, 3.8) is 0 Å². The molecule has 82 valence electrons. The number of hydrogen-bond donors (Lipinski definition) is 2. The molecule has 1 amide bonds. The fourth-order valence-corrected chi connectivity index (χ4v) is 1.09. The minimum Gasteiger partial charge on any atom is -0.481 e. The Morgan fingerprint density at radius 2 is 2.20 bits per heavy atom. The maximum absolute atomic E-state index is 11.2. The summed E-state index contributed by atoms with van der Waals surface area (Å²) < 4.78 is 5.05. The van der Waals surface area contributed by atoms with Crippen molar-refractivity contribution < 1.29 is 19.1 Å². The van der Waals surface area contributed by atoms with E-state index in [9.17, 15) is 9.59 Å². The van der Waals surface area contributed by atoms with E-state index in [2.05, 4.69) is 5.32 Å². The monoisotopic (exact) mass is 211 g/mol. The Bertz CT molecular complexity index is 318. The Kier molecular flexibility index (Phi) is 4.40. The van der Waals surface area contributed by atoms with Crippen LogP contribution in [0.2, 0.25) is 0 Å². The van der Waals surface area contributed by atoms with Gasteiger partial charge in [-0.3, -0.25) is 9.59 Å². The zero-order chi connectivity index (χ0) is 11.1. The van der Waals surface area contributed by atoms with Crippen LogP contribution in [-0.4, -0.2) is 23.5 Å². The molecule has 2 N–H and O–H groups in total. The van der Waals surface area contributed by atoms with E-state index in [-0.39, 0.29) is 18.9 Å². The molecule has 0 aliphatic carbocycles. The number of rotatable bonds is 6. The van der Waals surface area contributed by atoms with Gasteiger partial charge in [0, 0.05) is 19.4 Å². The van der Waals surface area contributed by atoms with E-state index in [0.29, 0.717) is 12.8 Å². The number of nitrogens with one attached hydrogen (secondary N) is 1. The minimum atomic E-state index is -0.915. The van der Waals surface area contributed by atoms with E-state index in [1.807, 2.05) is 0 Å². The molecule has 5 heteroatoms. The fourth-order valence-electron chi connectivity index (χ4n) is 1.09. The number of aliphatic carboxylic acids is 1. The Balaban J connectivity index is 2.11. The summed E-state index contributed by atoms with van der Waals surface area (Å²) in [6, 6.07) is 3.56. The Hall–Kier alpha value is -1.78. The third-order valence-corrected chi connectivity index (χ3v) is 1.84. The van der Waals surface area contributed by atoms with Crippen LogP contribution in [0.1, 0.15) is 18.6 Å². The summed E-state index contributed by atoms with van der Waals surface area (Å²) in [5.74, 6) is -0.322. The zero-order valence-corrected chi connectivity index (χ0v) is 8.23. The third kappa shape index (κ3) is 4.85. The van der Waals surface area contributed by atoms with Gasteiger partial charge in [0.05, 0.1) is 12.7 Å². The summed E-state index contributed by atoms with van der Waals surface area (Å²) in [4.78, 5) is 21.3. The van der Waals surface area contributed by atoms with Crippen molar-refractivity contribution in [3.8, 4) is 0 Å². The van der Waals surface area contributed by atoms with Gasteiger partial charge in [0.25, 0.3) is 0 Å². The molecule has 0 atom stereocenters. The van der Waals surface area contributed by atoms with E-state index < -0.39 is 5.97 Å². The van der Waals surface area contributed by atoms with Gasteiger partial charge in [-0.05, 0) is 12.1 Å². The molecule has 1 heterocycles. The highest BCUT2D eigenvalue weighted by atomic mass is 16.4. The predicted molar refractivity (Wildman–Crippen MR) is 52.3 cm³/mol. The molecule has 0 spiro atoms. The second-order valence-electron chi connectivity index (χ2n) is 3.07. The molecule has 0 saturated heterocycles. The van der Waals surface area contributed by atoms with Gasteiger partial charge in [0.2, 0.25) is 5.91 Å². The van der Waals surface area contributed by atoms with Gasteiger partial charge in [0.15, 0.2) is 0 Å². The van der Waals surface area contributed by atoms with Gasteiger partial charge in [-0.2, -0.15) is 0 Å². The standard InChI is InChI=1S/C10H13NO4/c12-9(11-6-5-10(13)14)4-3-8-2-1-7-15-8/h1-2,7H,3-6H2,(H,11,12)(H,13,14). The SMILES string of the molecule is O=C(O)CCNC(=O)CCc1ccco1. The van der Waals surface area contributed by atoms with Crippen LogP contribution >= 0.6 is 0 Å². The fraction of sp³-hybridized carbons (Fsp3) is 0.400. The lowest BCUT2D eigenvalue weighted by atomic mass is 10.2. The average Bonchev–Trinajstić information content (AvgIpc) is 2.66. The van der Waals surface area contributed by atoms with Crippen LogP contribution < -0.4 is 5.32 Å². The highest BCUT2D eigenvalue weighted by molar-refractivity contribution is 5.76. The average molecular weight is 211 g/mol. The van der Waals surface area contributed by atoms with E-state index in [1.165, 1.54) is 0 Å². The van der Waals surface area contributed by atoms with Crippen LogP contribution in [-0.2, 0) is 16.0 Å². The molecule has 0 fully saturated rings. The van der Waals surface area contributed by atoms with Gasteiger partial charge < -0.3 is 14.8 Å². The highest BCUT2D eigenvalue weighted by Crippen LogP contribution is 2.02. The highest BCUT2D eigenvalue weighted by Gasteiger charge is 2.04. The number of carboxylic acid groups (broad SMARTS) is 1. The van der Waals surface area contributed by atoms with Crippen molar-refractivity contribution in [2.45, 2.75) is 19.3 Å². The molecule has 0 radical (unpaired) electrons. The first kappa shape index (κ1) is 11.3. The number of carbonyl (C=O) groups is 2. The Morgan fingerprint density at radius 1 is 1.40 bits per heavy atom. The van der Waals surface area contributed by atoms with E-state index in [0.717, 1.165) is 5.76 Å². The Labute approximate surface area is 87.1 Å². The van der Waals surface area contributed by atoms with Gasteiger partial charge in [-0.15, -0.1) is 0 Å². The maximum Gasteiger partial charge on any atom is 0.305 e. The number of amides is 1. The van der Waals surface area contributed by atoms with Gasteiger partial charge >= 0.3 is 5.97 Å². The summed E-state index contributed by atoms with van der Waals surface area (Å²) in [5, 5.41) is 10.9. The topological polar surface area (TPSA) is 79.5 Å². The number of hydrogen-bond acceptors (Lipinski definition) is 3.